The molecule has 0 fully saturated rings. The third-order valence-electron chi connectivity index (χ3n) is 3.43. The SMILES string of the molecule is Cc1ccc(C(C)NS(=O)(=O)c2ccc(F)c(F)c2)c(C)c1. The number of aryl methyl sites for hydroxylation is 2. The van der Waals surface area contributed by atoms with Crippen molar-refractivity contribution in [3.63, 3.8) is 0 Å². The standard InChI is InChI=1S/C16H17F2NO2S/c1-10-4-6-14(11(2)8-10)12(3)19-22(20,21)13-5-7-15(17)16(18)9-13/h4-9,12,19H,1-3H3. The van der Waals surface area contributed by atoms with Gasteiger partial charge in [0.15, 0.2) is 11.6 Å². The number of nitrogens with one attached hydrogen (secondary N) is 1. The topological polar surface area (TPSA) is 46.2 Å². The summed E-state index contributed by atoms with van der Waals surface area (Å²) in [5, 5.41) is 0. The summed E-state index contributed by atoms with van der Waals surface area (Å²) in [6.07, 6.45) is 0. The summed E-state index contributed by atoms with van der Waals surface area (Å²) in [7, 11) is -3.93. The third-order valence-corrected chi connectivity index (χ3v) is 4.96. The molecule has 0 heterocycles. The van der Waals surface area contributed by atoms with Gasteiger partial charge in [-0.15, -0.1) is 0 Å². The van der Waals surface area contributed by atoms with E-state index in [1.54, 1.807) is 6.92 Å². The predicted octanol–water partition coefficient (Wildman–Crippen LogP) is 3.62. The summed E-state index contributed by atoms with van der Waals surface area (Å²) in [6, 6.07) is 7.72. The van der Waals surface area contributed by atoms with Crippen molar-refractivity contribution in [1.82, 2.24) is 4.72 Å². The van der Waals surface area contributed by atoms with Gasteiger partial charge in [-0.05, 0) is 50.1 Å². The van der Waals surface area contributed by atoms with Gasteiger partial charge in [0.05, 0.1) is 4.90 Å². The molecule has 0 saturated carbocycles. The maximum Gasteiger partial charge on any atom is 0.241 e. The lowest BCUT2D eigenvalue weighted by atomic mass is 10.0. The van der Waals surface area contributed by atoms with E-state index in [4.69, 9.17) is 0 Å². The van der Waals surface area contributed by atoms with Crippen molar-refractivity contribution in [2.45, 2.75) is 31.7 Å². The molecule has 3 nitrogen and oxygen atoms in total. The average molecular weight is 325 g/mol. The smallest absolute Gasteiger partial charge is 0.207 e. The van der Waals surface area contributed by atoms with Crippen LogP contribution in [-0.4, -0.2) is 8.42 Å². The van der Waals surface area contributed by atoms with Crippen LogP contribution in [0.2, 0.25) is 0 Å². The molecule has 0 aromatic heterocycles. The highest BCUT2D eigenvalue weighted by molar-refractivity contribution is 7.89. The zero-order valence-corrected chi connectivity index (χ0v) is 13.3. The van der Waals surface area contributed by atoms with Gasteiger partial charge >= 0.3 is 0 Å². The molecule has 0 amide bonds. The van der Waals surface area contributed by atoms with Crippen LogP contribution in [0.4, 0.5) is 8.78 Å². The van der Waals surface area contributed by atoms with E-state index in [0.717, 1.165) is 28.8 Å². The van der Waals surface area contributed by atoms with Gasteiger partial charge in [0.1, 0.15) is 0 Å². The molecule has 0 spiro atoms. The van der Waals surface area contributed by atoms with Crippen molar-refractivity contribution in [3.8, 4) is 0 Å². The minimum absolute atomic E-state index is 0.303. The van der Waals surface area contributed by atoms with Crippen LogP contribution in [0.3, 0.4) is 0 Å². The summed E-state index contributed by atoms with van der Waals surface area (Å²) in [5.41, 5.74) is 2.87. The van der Waals surface area contributed by atoms with Crippen LogP contribution in [0.5, 0.6) is 0 Å². The summed E-state index contributed by atoms with van der Waals surface area (Å²) in [6.45, 7) is 5.55. The molecule has 1 unspecified atom stereocenters. The molecule has 1 atom stereocenters. The zero-order chi connectivity index (χ0) is 16.5. The Hall–Kier alpha value is -1.79. The van der Waals surface area contributed by atoms with Gasteiger partial charge in [-0.3, -0.25) is 0 Å². The maximum absolute atomic E-state index is 13.2. The normalized spacial score (nSPS) is 13.1. The van der Waals surface area contributed by atoms with E-state index in [0.29, 0.717) is 6.07 Å². The van der Waals surface area contributed by atoms with Gasteiger partial charge in [-0.25, -0.2) is 21.9 Å². The summed E-state index contributed by atoms with van der Waals surface area (Å²) < 4.78 is 53.1. The lowest BCUT2D eigenvalue weighted by molar-refractivity contribution is 0.503. The van der Waals surface area contributed by atoms with Crippen LogP contribution >= 0.6 is 0 Å². The first kappa shape index (κ1) is 16.6. The van der Waals surface area contributed by atoms with Crippen molar-refractivity contribution < 1.29 is 17.2 Å². The Morgan fingerprint density at radius 1 is 1.00 bits per heavy atom. The molecule has 0 radical (unpaired) electrons. The van der Waals surface area contributed by atoms with E-state index in [9.17, 15) is 17.2 Å². The second-order valence-electron chi connectivity index (χ2n) is 5.28. The van der Waals surface area contributed by atoms with Gasteiger partial charge in [-0.1, -0.05) is 23.8 Å². The van der Waals surface area contributed by atoms with Crippen LogP contribution < -0.4 is 4.72 Å². The lowest BCUT2D eigenvalue weighted by Gasteiger charge is -2.17. The maximum atomic E-state index is 13.2. The molecule has 6 heteroatoms. The number of hydrogen-bond acceptors (Lipinski definition) is 2. The molecule has 0 aliphatic carbocycles. The van der Waals surface area contributed by atoms with Gasteiger partial charge in [0.2, 0.25) is 10.0 Å². The van der Waals surface area contributed by atoms with Gasteiger partial charge < -0.3 is 0 Å². The van der Waals surface area contributed by atoms with Crippen LogP contribution in [0.15, 0.2) is 41.3 Å². The van der Waals surface area contributed by atoms with Crippen molar-refractivity contribution in [2.75, 3.05) is 0 Å². The Balaban J connectivity index is 2.29. The zero-order valence-electron chi connectivity index (χ0n) is 12.5. The van der Waals surface area contributed by atoms with E-state index in [1.165, 1.54) is 0 Å². The highest BCUT2D eigenvalue weighted by atomic mass is 32.2. The second kappa shape index (κ2) is 6.14. The van der Waals surface area contributed by atoms with E-state index in [-0.39, 0.29) is 4.90 Å². The van der Waals surface area contributed by atoms with E-state index in [1.807, 2.05) is 32.0 Å². The first-order valence-corrected chi connectivity index (χ1v) is 8.23. The number of sulfonamides is 1. The fraction of sp³-hybridized carbons (Fsp3) is 0.250. The van der Waals surface area contributed by atoms with Crippen LogP contribution in [0.1, 0.15) is 29.7 Å². The number of halogens is 2. The van der Waals surface area contributed by atoms with Crippen molar-refractivity contribution in [1.29, 1.82) is 0 Å². The summed E-state index contributed by atoms with van der Waals surface area (Å²) >= 11 is 0. The largest absolute Gasteiger partial charge is 0.241 e. The molecular formula is C16H17F2NO2S. The van der Waals surface area contributed by atoms with Gasteiger partial charge in [-0.2, -0.15) is 0 Å². The van der Waals surface area contributed by atoms with Crippen LogP contribution in [-0.2, 0) is 10.0 Å². The molecule has 0 aliphatic rings. The van der Waals surface area contributed by atoms with E-state index >= 15 is 0 Å². The molecule has 2 aromatic rings. The molecule has 0 aliphatic heterocycles. The van der Waals surface area contributed by atoms with Crippen molar-refractivity contribution >= 4 is 10.0 Å². The first-order chi connectivity index (χ1) is 10.2. The molecular weight excluding hydrogens is 308 g/mol. The van der Waals surface area contributed by atoms with Crippen molar-refractivity contribution in [2.24, 2.45) is 0 Å². The first-order valence-electron chi connectivity index (χ1n) is 6.75. The van der Waals surface area contributed by atoms with E-state index < -0.39 is 27.7 Å². The third kappa shape index (κ3) is 3.51. The minimum atomic E-state index is -3.93. The Bertz CT molecular complexity index is 804. The number of rotatable bonds is 4. The highest BCUT2D eigenvalue weighted by Crippen LogP contribution is 2.22. The van der Waals surface area contributed by atoms with Crippen molar-refractivity contribution in [3.05, 3.63) is 64.7 Å². The summed E-state index contributed by atoms with van der Waals surface area (Å²) in [5.74, 6) is -2.27. The fourth-order valence-corrected chi connectivity index (χ4v) is 3.55. The monoisotopic (exact) mass is 325 g/mol. The van der Waals surface area contributed by atoms with Crippen LogP contribution in [0.25, 0.3) is 0 Å². The quantitative estimate of drug-likeness (QED) is 0.933. The molecule has 0 bridgehead atoms. The Labute approximate surface area is 129 Å². The molecule has 22 heavy (non-hydrogen) atoms. The van der Waals surface area contributed by atoms with E-state index in [2.05, 4.69) is 4.72 Å². The second-order valence-corrected chi connectivity index (χ2v) is 6.99. The molecule has 2 rings (SSSR count). The molecule has 0 saturated heterocycles. The average Bonchev–Trinajstić information content (AvgIpc) is 2.40. The molecule has 2 aromatic carbocycles. The fourth-order valence-electron chi connectivity index (χ4n) is 2.32. The molecule has 1 N–H and O–H groups in total. The van der Waals surface area contributed by atoms with Gasteiger partial charge in [0, 0.05) is 6.04 Å². The number of hydrogen-bond donors (Lipinski definition) is 1. The Morgan fingerprint density at radius 3 is 2.27 bits per heavy atom. The lowest BCUT2D eigenvalue weighted by Crippen LogP contribution is -2.27. The minimum Gasteiger partial charge on any atom is -0.207 e. The van der Waals surface area contributed by atoms with Gasteiger partial charge in [0.25, 0.3) is 0 Å². The summed E-state index contributed by atoms with van der Waals surface area (Å²) in [4.78, 5) is -0.303. The Kier molecular flexibility index (Phi) is 4.63. The molecule has 118 valence electrons. The number of benzene rings is 2. The Morgan fingerprint density at radius 2 is 1.68 bits per heavy atom. The highest BCUT2D eigenvalue weighted by Gasteiger charge is 2.20. The van der Waals surface area contributed by atoms with Crippen LogP contribution in [0, 0.1) is 25.5 Å². The predicted molar refractivity (Wildman–Crippen MR) is 81.0 cm³/mol.